The van der Waals surface area contributed by atoms with Gasteiger partial charge in [-0.3, -0.25) is 4.79 Å². The number of thioether (sulfide) groups is 1. The molecule has 3 aromatic rings. The number of H-pyrrole nitrogens is 1. The van der Waals surface area contributed by atoms with Gasteiger partial charge in [-0.1, -0.05) is 30.3 Å². The number of nitrogens with two attached hydrogens (primary N) is 1. The van der Waals surface area contributed by atoms with E-state index in [1.54, 1.807) is 12.1 Å². The van der Waals surface area contributed by atoms with Gasteiger partial charge in [0, 0.05) is 18.5 Å². The quantitative estimate of drug-likeness (QED) is 0.616. The molecule has 0 bridgehead atoms. The predicted octanol–water partition coefficient (Wildman–Crippen LogP) is 4.15. The molecular weight excluding hydrogens is 334 g/mol. The maximum absolute atomic E-state index is 12.6. The Morgan fingerprint density at radius 2 is 1.96 bits per heavy atom. The molecule has 0 aliphatic heterocycles. The number of aliphatic hydroxyl groups excluding tert-OH is 1. The van der Waals surface area contributed by atoms with Crippen molar-refractivity contribution < 1.29 is 9.90 Å². The van der Waals surface area contributed by atoms with Gasteiger partial charge in [0.2, 0.25) is 0 Å². The van der Waals surface area contributed by atoms with E-state index < -0.39 is 0 Å². The summed E-state index contributed by atoms with van der Waals surface area (Å²) >= 11 is 1.18. The van der Waals surface area contributed by atoms with E-state index in [9.17, 15) is 9.90 Å². The van der Waals surface area contributed by atoms with Crippen LogP contribution in [0.4, 0.5) is 5.69 Å². The molecule has 1 unspecified atom stereocenters. The Kier molecular flexibility index (Phi) is 3.97. The van der Waals surface area contributed by atoms with Gasteiger partial charge in [-0.2, -0.15) is 0 Å². The molecular formula is C19H17N3O2S. The zero-order valence-electron chi connectivity index (χ0n) is 13.4. The molecule has 0 radical (unpaired) electrons. The molecule has 1 aliphatic carbocycles. The number of aromatic nitrogens is 2. The van der Waals surface area contributed by atoms with Gasteiger partial charge < -0.3 is 15.8 Å². The van der Waals surface area contributed by atoms with Crippen molar-refractivity contribution in [2.75, 3.05) is 5.73 Å². The van der Waals surface area contributed by atoms with Crippen LogP contribution in [-0.2, 0) is 4.79 Å². The number of rotatable bonds is 3. The number of nitrogens with one attached hydrogen (secondary N) is 1. The summed E-state index contributed by atoms with van der Waals surface area (Å²) in [6.45, 7) is 0. The minimum Gasteiger partial charge on any atom is -0.511 e. The Hall–Kier alpha value is -2.73. The summed E-state index contributed by atoms with van der Waals surface area (Å²) in [5, 5.41) is 11.0. The van der Waals surface area contributed by atoms with Gasteiger partial charge in [-0.25, -0.2) is 4.98 Å². The molecule has 6 heteroatoms. The largest absolute Gasteiger partial charge is 0.511 e. The molecule has 1 heterocycles. The van der Waals surface area contributed by atoms with Crippen molar-refractivity contribution in [1.82, 2.24) is 9.97 Å². The highest BCUT2D eigenvalue weighted by Gasteiger charge is 2.29. The van der Waals surface area contributed by atoms with Crippen LogP contribution in [0.2, 0.25) is 0 Å². The monoisotopic (exact) mass is 351 g/mol. The lowest BCUT2D eigenvalue weighted by Crippen LogP contribution is -2.17. The topological polar surface area (TPSA) is 92.0 Å². The first-order valence-corrected chi connectivity index (χ1v) is 8.85. The molecule has 1 aromatic heterocycles. The molecule has 25 heavy (non-hydrogen) atoms. The van der Waals surface area contributed by atoms with Gasteiger partial charge in [0.1, 0.15) is 5.76 Å². The van der Waals surface area contributed by atoms with Crippen molar-refractivity contribution in [1.29, 1.82) is 0 Å². The predicted molar refractivity (Wildman–Crippen MR) is 99.4 cm³/mol. The summed E-state index contributed by atoms with van der Waals surface area (Å²) in [4.78, 5) is 20.5. The maximum Gasteiger partial charge on any atom is 0.173 e. The van der Waals surface area contributed by atoms with Crippen LogP contribution >= 0.6 is 11.8 Å². The number of ketones is 1. The van der Waals surface area contributed by atoms with Gasteiger partial charge in [-0.15, -0.1) is 0 Å². The Balaban J connectivity index is 1.60. The molecule has 2 aromatic carbocycles. The molecule has 0 spiro atoms. The highest BCUT2D eigenvalue weighted by molar-refractivity contribution is 8.03. The van der Waals surface area contributed by atoms with Crippen LogP contribution < -0.4 is 5.73 Å². The minimum atomic E-state index is -0.0532. The third kappa shape index (κ3) is 3.13. The molecule has 5 nitrogen and oxygen atoms in total. The summed E-state index contributed by atoms with van der Waals surface area (Å²) in [5.74, 6) is 0.103. The number of hydrogen-bond donors (Lipinski definition) is 3. The zero-order chi connectivity index (χ0) is 17.4. The van der Waals surface area contributed by atoms with Crippen LogP contribution in [-0.4, -0.2) is 20.9 Å². The number of nitrogens with zero attached hydrogens (tertiary/aromatic N) is 1. The number of hydrogen-bond acceptors (Lipinski definition) is 5. The second-order valence-electron chi connectivity index (χ2n) is 6.14. The highest BCUT2D eigenvalue weighted by Crippen LogP contribution is 2.39. The summed E-state index contributed by atoms with van der Waals surface area (Å²) in [5.41, 5.74) is 9.09. The van der Waals surface area contributed by atoms with E-state index >= 15 is 0 Å². The zero-order valence-corrected chi connectivity index (χ0v) is 14.2. The Morgan fingerprint density at radius 1 is 1.16 bits per heavy atom. The van der Waals surface area contributed by atoms with Crippen molar-refractivity contribution >= 4 is 34.3 Å². The van der Waals surface area contributed by atoms with Crippen LogP contribution in [0.5, 0.6) is 0 Å². The molecule has 0 amide bonds. The van der Waals surface area contributed by atoms with E-state index in [-0.39, 0.29) is 17.5 Å². The van der Waals surface area contributed by atoms with Crippen molar-refractivity contribution in [2.24, 2.45) is 0 Å². The number of aliphatic hydroxyl groups is 1. The number of aromatic amines is 1. The summed E-state index contributed by atoms with van der Waals surface area (Å²) < 4.78 is 0. The molecule has 1 aliphatic rings. The third-order valence-electron chi connectivity index (χ3n) is 4.34. The fourth-order valence-corrected chi connectivity index (χ4v) is 4.00. The average molecular weight is 351 g/mol. The number of anilines is 1. The average Bonchev–Trinajstić information content (AvgIpc) is 3.00. The van der Waals surface area contributed by atoms with Crippen molar-refractivity contribution in [2.45, 2.75) is 23.9 Å². The summed E-state index contributed by atoms with van der Waals surface area (Å²) in [7, 11) is 0. The number of benzene rings is 2. The first-order chi connectivity index (χ1) is 12.1. The first-order valence-electron chi connectivity index (χ1n) is 8.03. The second kappa shape index (κ2) is 6.29. The lowest BCUT2D eigenvalue weighted by atomic mass is 9.86. The highest BCUT2D eigenvalue weighted by atomic mass is 32.2. The lowest BCUT2D eigenvalue weighted by Gasteiger charge is -2.23. The van der Waals surface area contributed by atoms with E-state index in [2.05, 4.69) is 9.97 Å². The molecule has 4 rings (SSSR count). The molecule has 4 N–H and O–H groups in total. The Bertz CT molecular complexity index is 979. The van der Waals surface area contributed by atoms with Crippen LogP contribution in [0.25, 0.3) is 11.0 Å². The first kappa shape index (κ1) is 15.8. The van der Waals surface area contributed by atoms with Crippen LogP contribution in [0.1, 0.15) is 24.3 Å². The van der Waals surface area contributed by atoms with Gasteiger partial charge >= 0.3 is 0 Å². The summed E-state index contributed by atoms with van der Waals surface area (Å²) in [6, 6.07) is 15.2. The number of fused-ring (bicyclic) bond motifs is 1. The van der Waals surface area contributed by atoms with Gasteiger partial charge in [0.05, 0.1) is 15.9 Å². The fraction of sp³-hybridized carbons (Fsp3) is 0.158. The Morgan fingerprint density at radius 3 is 2.72 bits per heavy atom. The number of Topliss-reactive ketones (excluding diaryl/α,β-unsaturated/α-hetero) is 1. The van der Waals surface area contributed by atoms with Gasteiger partial charge in [0.25, 0.3) is 0 Å². The van der Waals surface area contributed by atoms with Crippen LogP contribution in [0, 0.1) is 0 Å². The third-order valence-corrected chi connectivity index (χ3v) is 5.39. The fourth-order valence-electron chi connectivity index (χ4n) is 3.10. The summed E-state index contributed by atoms with van der Waals surface area (Å²) in [6.07, 6.45) is 0.856. The minimum absolute atomic E-state index is 0.0218. The Labute approximate surface area is 149 Å². The van der Waals surface area contributed by atoms with E-state index in [0.717, 1.165) is 16.6 Å². The number of imidazole rings is 1. The van der Waals surface area contributed by atoms with Crippen LogP contribution in [0.3, 0.4) is 0 Å². The number of carbonyl (C=O) groups excluding carboxylic acids is 1. The number of nitrogen functional groups attached to an aromatic ring is 1. The normalized spacial score (nSPS) is 18.1. The van der Waals surface area contributed by atoms with Gasteiger partial charge in [0.15, 0.2) is 10.9 Å². The lowest BCUT2D eigenvalue weighted by molar-refractivity contribution is -0.115. The van der Waals surface area contributed by atoms with E-state index in [1.165, 1.54) is 11.8 Å². The molecule has 126 valence electrons. The van der Waals surface area contributed by atoms with Crippen molar-refractivity contribution in [3.05, 3.63) is 64.8 Å². The van der Waals surface area contributed by atoms with E-state index in [4.69, 9.17) is 5.73 Å². The molecule has 1 atom stereocenters. The SMILES string of the molecule is Nc1ccc2nc(SC3=C(O)CC(c4ccccc4)CC3=O)[nH]c2c1. The van der Waals surface area contributed by atoms with Crippen molar-refractivity contribution in [3.8, 4) is 0 Å². The molecule has 0 saturated carbocycles. The molecule has 0 fully saturated rings. The number of allylic oxidation sites excluding steroid dienone is 2. The van der Waals surface area contributed by atoms with Crippen molar-refractivity contribution in [3.63, 3.8) is 0 Å². The van der Waals surface area contributed by atoms with Crippen LogP contribution in [0.15, 0.2) is 64.4 Å². The second-order valence-corrected chi connectivity index (χ2v) is 7.13. The van der Waals surface area contributed by atoms with E-state index in [1.807, 2.05) is 36.4 Å². The standard InChI is InChI=1S/C19H17N3O2S/c20-13-6-7-14-15(10-13)22-19(21-14)25-18-16(23)8-12(9-17(18)24)11-4-2-1-3-5-11/h1-7,10,12,23H,8-9,20H2,(H,21,22). The molecule has 0 saturated heterocycles. The van der Waals surface area contributed by atoms with E-state index in [0.29, 0.717) is 28.6 Å². The smallest absolute Gasteiger partial charge is 0.173 e. The number of carbonyl (C=O) groups is 1. The maximum atomic E-state index is 12.6. The van der Waals surface area contributed by atoms with Gasteiger partial charge in [-0.05, 0) is 41.4 Å².